The predicted molar refractivity (Wildman–Crippen MR) is 265 cm³/mol. The Balaban J connectivity index is 1.24. The molecule has 0 saturated heterocycles. The van der Waals surface area contributed by atoms with E-state index in [1.54, 1.807) is 0 Å². The minimum atomic E-state index is -0.461. The first kappa shape index (κ1) is 38.3. The lowest BCUT2D eigenvalue weighted by molar-refractivity contribution is 0.332. The average molecular weight is 814 g/mol. The summed E-state index contributed by atoms with van der Waals surface area (Å²) in [6.45, 7) is 12.3. The molecule has 1 nitrogen and oxygen atoms in total. The van der Waals surface area contributed by atoms with Gasteiger partial charge in [-0.1, -0.05) is 167 Å². The second-order valence-corrected chi connectivity index (χ2v) is 20.1. The number of hydrogen-bond donors (Lipinski definition) is 0. The van der Waals surface area contributed by atoms with Crippen LogP contribution < -0.4 is 4.90 Å². The zero-order chi connectivity index (χ0) is 42.7. The van der Waals surface area contributed by atoms with Gasteiger partial charge in [-0.25, -0.2) is 0 Å². The van der Waals surface area contributed by atoms with Gasteiger partial charge in [0, 0.05) is 16.9 Å². The van der Waals surface area contributed by atoms with Gasteiger partial charge in [-0.3, -0.25) is 0 Å². The van der Waals surface area contributed by atoms with Crippen LogP contribution in [0.4, 0.5) is 17.1 Å². The summed E-state index contributed by atoms with van der Waals surface area (Å²) < 4.78 is 0. The summed E-state index contributed by atoms with van der Waals surface area (Å²) in [5, 5.41) is 0. The SMILES string of the molecule is Cc1ccc2c(c1-c1cc3c(cc1N(c1ccc(-c4ccccc4)cc1)c1cccc4c1CCCC4)C1(c4ccccc4-c4ccccc41)c1ccccc1-3)C(C)(C)CCC2(C)C. The maximum atomic E-state index is 2.68. The zero-order valence-corrected chi connectivity index (χ0v) is 37.4. The lowest BCUT2D eigenvalue weighted by Crippen LogP contribution is -2.34. The Morgan fingerprint density at radius 2 is 1.02 bits per heavy atom. The normalized spacial score (nSPS) is 16.7. The standard InChI is InChI=1S/C62H55N/c1-40-30-35-54-59(61(4,5)37-36-60(54,2)3)58(40)50-38-49-48-25-13-16-28-53(48)62(51-26-14-11-23-46(51)47-24-12-15-27-52(47)62)55(49)39-57(50)63(56-29-17-21-43-20-9-10-22-45(43)56)44-33-31-42(32-34-44)41-18-7-6-8-19-41/h6-8,11-19,21,23-35,38-39H,9-10,20,22,36-37H2,1-5H3. The van der Waals surface area contributed by atoms with Crippen molar-refractivity contribution in [3.05, 3.63) is 220 Å². The van der Waals surface area contributed by atoms with E-state index in [2.05, 4.69) is 209 Å². The third kappa shape index (κ3) is 5.54. The highest BCUT2D eigenvalue weighted by Gasteiger charge is 2.52. The molecule has 0 aromatic heterocycles. The van der Waals surface area contributed by atoms with Gasteiger partial charge in [-0.2, -0.15) is 0 Å². The van der Waals surface area contributed by atoms with Crippen LogP contribution in [0, 0.1) is 6.92 Å². The molecule has 0 bridgehead atoms. The summed E-state index contributed by atoms with van der Waals surface area (Å²) in [7, 11) is 0. The van der Waals surface area contributed by atoms with Crippen LogP contribution >= 0.6 is 0 Å². The maximum Gasteiger partial charge on any atom is 0.0726 e. The van der Waals surface area contributed by atoms with Gasteiger partial charge in [0.1, 0.15) is 0 Å². The Kier molecular flexibility index (Phi) is 8.52. The molecule has 0 heterocycles. The Bertz CT molecular complexity index is 3080. The minimum absolute atomic E-state index is 0.000966. The molecule has 0 atom stereocenters. The van der Waals surface area contributed by atoms with Crippen LogP contribution in [0.2, 0.25) is 0 Å². The summed E-state index contributed by atoms with van der Waals surface area (Å²) in [5.74, 6) is 0. The van der Waals surface area contributed by atoms with E-state index in [4.69, 9.17) is 0 Å². The monoisotopic (exact) mass is 813 g/mol. The molecule has 0 aliphatic heterocycles. The van der Waals surface area contributed by atoms with Crippen LogP contribution in [0.3, 0.4) is 0 Å². The number of nitrogens with zero attached hydrogens (tertiary/aromatic N) is 1. The highest BCUT2D eigenvalue weighted by molar-refractivity contribution is 6.01. The Morgan fingerprint density at radius 1 is 0.429 bits per heavy atom. The van der Waals surface area contributed by atoms with E-state index in [-0.39, 0.29) is 10.8 Å². The lowest BCUT2D eigenvalue weighted by Gasteiger charge is -2.44. The molecular weight excluding hydrogens is 759 g/mol. The van der Waals surface area contributed by atoms with Crippen molar-refractivity contribution < 1.29 is 0 Å². The van der Waals surface area contributed by atoms with Crippen molar-refractivity contribution in [2.75, 3.05) is 4.90 Å². The molecule has 4 aliphatic carbocycles. The Labute approximate surface area is 374 Å². The first-order valence-electron chi connectivity index (χ1n) is 23.4. The third-order valence-electron chi connectivity index (χ3n) is 15.7. The predicted octanol–water partition coefficient (Wildman–Crippen LogP) is 16.4. The second kappa shape index (κ2) is 14.0. The van der Waals surface area contributed by atoms with Crippen LogP contribution in [-0.2, 0) is 29.1 Å². The molecular formula is C62H55N. The van der Waals surface area contributed by atoms with Crippen LogP contribution in [0.15, 0.2) is 170 Å². The molecule has 8 aromatic rings. The number of anilines is 3. The Hall–Kier alpha value is -6.44. The highest BCUT2D eigenvalue weighted by atomic mass is 15.1. The van der Waals surface area contributed by atoms with Gasteiger partial charge < -0.3 is 4.90 Å². The molecule has 0 fully saturated rings. The van der Waals surface area contributed by atoms with Crippen molar-refractivity contribution in [3.63, 3.8) is 0 Å². The van der Waals surface area contributed by atoms with E-state index in [1.165, 1.54) is 131 Å². The summed E-state index contributed by atoms with van der Waals surface area (Å²) in [5.41, 5.74) is 26.8. The van der Waals surface area contributed by atoms with Crippen molar-refractivity contribution in [1.82, 2.24) is 0 Å². The largest absolute Gasteiger partial charge is 0.310 e. The van der Waals surface area contributed by atoms with Gasteiger partial charge in [-0.15, -0.1) is 0 Å². The van der Waals surface area contributed by atoms with Crippen molar-refractivity contribution >= 4 is 17.1 Å². The fourth-order valence-electron chi connectivity index (χ4n) is 12.5. The maximum absolute atomic E-state index is 2.68. The quantitative estimate of drug-likeness (QED) is 0.167. The van der Waals surface area contributed by atoms with Crippen LogP contribution in [0.1, 0.15) is 103 Å². The number of rotatable bonds is 5. The molecule has 1 spiro atoms. The zero-order valence-electron chi connectivity index (χ0n) is 37.4. The summed E-state index contributed by atoms with van der Waals surface area (Å²) in [6.07, 6.45) is 7.00. The van der Waals surface area contributed by atoms with Gasteiger partial charge >= 0.3 is 0 Å². The lowest BCUT2D eigenvalue weighted by atomic mass is 9.61. The molecule has 8 aromatic carbocycles. The smallest absolute Gasteiger partial charge is 0.0726 e. The van der Waals surface area contributed by atoms with Gasteiger partial charge in [0.15, 0.2) is 0 Å². The molecule has 0 N–H and O–H groups in total. The third-order valence-corrected chi connectivity index (χ3v) is 15.7. The van der Waals surface area contributed by atoms with Gasteiger partial charge in [0.25, 0.3) is 0 Å². The second-order valence-electron chi connectivity index (χ2n) is 20.1. The Morgan fingerprint density at radius 3 is 1.70 bits per heavy atom. The summed E-state index contributed by atoms with van der Waals surface area (Å²) in [6, 6.07) is 65.3. The first-order chi connectivity index (χ1) is 30.7. The van der Waals surface area contributed by atoms with E-state index >= 15 is 0 Å². The van der Waals surface area contributed by atoms with Crippen molar-refractivity contribution in [3.8, 4) is 44.5 Å². The van der Waals surface area contributed by atoms with Crippen LogP contribution in [0.5, 0.6) is 0 Å². The van der Waals surface area contributed by atoms with Crippen molar-refractivity contribution in [2.24, 2.45) is 0 Å². The van der Waals surface area contributed by atoms with Crippen LogP contribution in [-0.4, -0.2) is 0 Å². The van der Waals surface area contributed by atoms with Gasteiger partial charge in [0.05, 0.1) is 11.1 Å². The van der Waals surface area contributed by atoms with Crippen molar-refractivity contribution in [1.29, 1.82) is 0 Å². The highest BCUT2D eigenvalue weighted by Crippen LogP contribution is 2.65. The van der Waals surface area contributed by atoms with Crippen LogP contribution in [0.25, 0.3) is 44.5 Å². The van der Waals surface area contributed by atoms with Crippen molar-refractivity contribution in [2.45, 2.75) is 89.4 Å². The molecule has 1 heteroatoms. The first-order valence-corrected chi connectivity index (χ1v) is 23.4. The fourth-order valence-corrected chi connectivity index (χ4v) is 12.5. The molecule has 12 rings (SSSR count). The molecule has 63 heavy (non-hydrogen) atoms. The number of benzene rings is 8. The number of fused-ring (bicyclic) bond motifs is 12. The van der Waals surface area contributed by atoms with E-state index in [9.17, 15) is 0 Å². The van der Waals surface area contributed by atoms with E-state index in [1.807, 2.05) is 0 Å². The molecule has 0 unspecified atom stereocenters. The number of aryl methyl sites for hydroxylation is 2. The molecule has 0 saturated carbocycles. The van der Waals surface area contributed by atoms with E-state index < -0.39 is 5.41 Å². The number of hydrogen-bond acceptors (Lipinski definition) is 1. The summed E-state index contributed by atoms with van der Waals surface area (Å²) >= 11 is 0. The molecule has 0 amide bonds. The van der Waals surface area contributed by atoms with Gasteiger partial charge in [0.2, 0.25) is 0 Å². The molecule has 308 valence electrons. The van der Waals surface area contributed by atoms with E-state index in [0.29, 0.717) is 0 Å². The molecule has 4 aliphatic rings. The van der Waals surface area contributed by atoms with Gasteiger partial charge in [-0.05, 0) is 176 Å². The fraction of sp³-hybridized carbons (Fsp3) is 0.226. The minimum Gasteiger partial charge on any atom is -0.310 e. The topological polar surface area (TPSA) is 3.24 Å². The average Bonchev–Trinajstić information content (AvgIpc) is 3.78. The van der Waals surface area contributed by atoms with E-state index in [0.717, 1.165) is 19.3 Å². The molecule has 0 radical (unpaired) electrons. The summed E-state index contributed by atoms with van der Waals surface area (Å²) in [4.78, 5) is 2.68.